The Morgan fingerprint density at radius 3 is 2.56 bits per heavy atom. The average Bonchev–Trinajstić information content (AvgIpc) is 3.12. The predicted molar refractivity (Wildman–Crippen MR) is 108 cm³/mol. The summed E-state index contributed by atoms with van der Waals surface area (Å²) in [5, 5.41) is 11.8. The molecular weight excluding hydrogens is 408 g/mol. The predicted octanol–water partition coefficient (Wildman–Crippen LogP) is 4.44. The molecule has 0 aliphatic rings. The van der Waals surface area contributed by atoms with Crippen molar-refractivity contribution >= 4 is 38.6 Å². The van der Waals surface area contributed by atoms with Crippen molar-refractivity contribution in [2.24, 2.45) is 0 Å². The number of nitrogens with one attached hydrogen (secondary N) is 1. The highest BCUT2D eigenvalue weighted by molar-refractivity contribution is 9.10. The van der Waals surface area contributed by atoms with Gasteiger partial charge in [-0.25, -0.2) is 0 Å². The Balaban J connectivity index is 1.63. The molecular formula is C20H15BrN4O2. The monoisotopic (exact) mass is 422 g/mol. The Labute approximate surface area is 163 Å². The molecule has 1 amide bonds. The number of hydrogen-bond acceptors (Lipinski definition) is 4. The van der Waals surface area contributed by atoms with Crippen LogP contribution in [-0.2, 0) is 0 Å². The van der Waals surface area contributed by atoms with Gasteiger partial charge in [-0.3, -0.25) is 4.79 Å². The number of aromatic nitrogens is 3. The second-order valence-corrected chi connectivity index (χ2v) is 6.74. The van der Waals surface area contributed by atoms with E-state index >= 15 is 0 Å². The Kier molecular flexibility index (Phi) is 4.60. The number of amides is 1. The number of anilines is 1. The van der Waals surface area contributed by atoms with Gasteiger partial charge >= 0.3 is 0 Å². The standard InChI is InChI=1S/C20H15BrN4O2/c1-27-19-10-7-13(21)11-16(19)20(26)22-14-8-9-17-18(12-14)24-25(23-17)15-5-3-2-4-6-15/h2-12H,1H3,(H,22,26). The highest BCUT2D eigenvalue weighted by Gasteiger charge is 2.14. The zero-order valence-corrected chi connectivity index (χ0v) is 16.0. The number of ether oxygens (including phenoxy) is 1. The van der Waals surface area contributed by atoms with Gasteiger partial charge in [-0.05, 0) is 48.5 Å². The van der Waals surface area contributed by atoms with Gasteiger partial charge in [0.2, 0.25) is 0 Å². The minimum atomic E-state index is -0.261. The molecule has 0 fully saturated rings. The molecule has 0 atom stereocenters. The van der Waals surface area contributed by atoms with E-state index < -0.39 is 0 Å². The lowest BCUT2D eigenvalue weighted by molar-refractivity contribution is 0.102. The third-order valence-electron chi connectivity index (χ3n) is 4.03. The third kappa shape index (κ3) is 3.54. The van der Waals surface area contributed by atoms with Gasteiger partial charge < -0.3 is 10.1 Å². The molecule has 1 heterocycles. The third-order valence-corrected chi connectivity index (χ3v) is 4.52. The molecule has 6 nitrogen and oxygen atoms in total. The normalized spacial score (nSPS) is 10.7. The van der Waals surface area contributed by atoms with E-state index in [0.29, 0.717) is 22.5 Å². The number of hydrogen-bond donors (Lipinski definition) is 1. The van der Waals surface area contributed by atoms with Crippen molar-refractivity contribution in [1.82, 2.24) is 15.0 Å². The summed E-state index contributed by atoms with van der Waals surface area (Å²) in [7, 11) is 1.54. The van der Waals surface area contributed by atoms with Crippen LogP contribution >= 0.6 is 15.9 Å². The second-order valence-electron chi connectivity index (χ2n) is 5.83. The van der Waals surface area contributed by atoms with Gasteiger partial charge in [-0.1, -0.05) is 34.1 Å². The van der Waals surface area contributed by atoms with Crippen molar-refractivity contribution in [3.05, 3.63) is 76.8 Å². The molecule has 4 aromatic rings. The van der Waals surface area contributed by atoms with Crippen LogP contribution in [0.15, 0.2) is 71.2 Å². The number of halogens is 1. The molecule has 1 N–H and O–H groups in total. The Morgan fingerprint density at radius 1 is 1.00 bits per heavy atom. The Hall–Kier alpha value is -3.19. The number of fused-ring (bicyclic) bond motifs is 1. The first-order valence-corrected chi connectivity index (χ1v) is 9.01. The van der Waals surface area contributed by atoms with Crippen LogP contribution in [0.2, 0.25) is 0 Å². The summed E-state index contributed by atoms with van der Waals surface area (Å²) in [5.74, 6) is 0.245. The van der Waals surface area contributed by atoms with E-state index in [4.69, 9.17) is 4.74 Å². The van der Waals surface area contributed by atoms with E-state index in [0.717, 1.165) is 15.7 Å². The summed E-state index contributed by atoms with van der Waals surface area (Å²) in [6, 6.07) is 20.4. The summed E-state index contributed by atoms with van der Waals surface area (Å²) < 4.78 is 6.08. The van der Waals surface area contributed by atoms with E-state index in [2.05, 4.69) is 31.4 Å². The Morgan fingerprint density at radius 2 is 1.78 bits per heavy atom. The van der Waals surface area contributed by atoms with Crippen LogP contribution in [0.3, 0.4) is 0 Å². The summed E-state index contributed by atoms with van der Waals surface area (Å²) in [6.07, 6.45) is 0. The lowest BCUT2D eigenvalue weighted by Gasteiger charge is -2.09. The molecule has 134 valence electrons. The number of nitrogens with zero attached hydrogens (tertiary/aromatic N) is 3. The fourth-order valence-electron chi connectivity index (χ4n) is 2.73. The molecule has 3 aromatic carbocycles. The number of methoxy groups -OCH3 is 1. The smallest absolute Gasteiger partial charge is 0.259 e. The second kappa shape index (κ2) is 7.20. The highest BCUT2D eigenvalue weighted by Crippen LogP contribution is 2.25. The zero-order chi connectivity index (χ0) is 18.8. The maximum atomic E-state index is 12.7. The van der Waals surface area contributed by atoms with Crippen LogP contribution in [0.25, 0.3) is 16.7 Å². The van der Waals surface area contributed by atoms with Crippen LogP contribution in [0.5, 0.6) is 5.75 Å². The lowest BCUT2D eigenvalue weighted by Crippen LogP contribution is -2.13. The average molecular weight is 423 g/mol. The molecule has 4 rings (SSSR count). The molecule has 0 saturated heterocycles. The molecule has 7 heteroatoms. The van der Waals surface area contributed by atoms with Crippen LogP contribution in [-0.4, -0.2) is 28.0 Å². The van der Waals surface area contributed by atoms with Crippen LogP contribution in [0.1, 0.15) is 10.4 Å². The van der Waals surface area contributed by atoms with Gasteiger partial charge in [0.15, 0.2) is 0 Å². The van der Waals surface area contributed by atoms with Crippen molar-refractivity contribution in [2.45, 2.75) is 0 Å². The van der Waals surface area contributed by atoms with Crippen molar-refractivity contribution in [3.8, 4) is 11.4 Å². The van der Waals surface area contributed by atoms with Gasteiger partial charge in [-0.2, -0.15) is 4.80 Å². The largest absolute Gasteiger partial charge is 0.496 e. The first kappa shape index (κ1) is 17.2. The molecule has 1 aromatic heterocycles. The summed E-state index contributed by atoms with van der Waals surface area (Å²) in [5.41, 5.74) is 3.39. The molecule has 0 bridgehead atoms. The number of benzene rings is 3. The van der Waals surface area contributed by atoms with Crippen LogP contribution < -0.4 is 10.1 Å². The van der Waals surface area contributed by atoms with Crippen molar-refractivity contribution in [1.29, 1.82) is 0 Å². The molecule has 0 radical (unpaired) electrons. The Bertz CT molecular complexity index is 1130. The number of carbonyl (C=O) groups is 1. The van der Waals surface area contributed by atoms with Crippen LogP contribution in [0, 0.1) is 0 Å². The van der Waals surface area contributed by atoms with E-state index in [-0.39, 0.29) is 5.91 Å². The lowest BCUT2D eigenvalue weighted by atomic mass is 10.2. The molecule has 0 aliphatic heterocycles. The van der Waals surface area contributed by atoms with Gasteiger partial charge in [0, 0.05) is 10.2 Å². The maximum absolute atomic E-state index is 12.7. The highest BCUT2D eigenvalue weighted by atomic mass is 79.9. The minimum absolute atomic E-state index is 0.261. The maximum Gasteiger partial charge on any atom is 0.259 e. The SMILES string of the molecule is COc1ccc(Br)cc1C(=O)Nc1ccc2nn(-c3ccccc3)nc2c1. The summed E-state index contributed by atoms with van der Waals surface area (Å²) >= 11 is 3.38. The van der Waals surface area contributed by atoms with Crippen molar-refractivity contribution in [2.75, 3.05) is 12.4 Å². The van der Waals surface area contributed by atoms with E-state index in [1.54, 1.807) is 29.1 Å². The number of carbonyl (C=O) groups excluding carboxylic acids is 1. The number of rotatable bonds is 4. The van der Waals surface area contributed by atoms with E-state index in [1.807, 2.05) is 42.5 Å². The summed E-state index contributed by atoms with van der Waals surface area (Å²) in [4.78, 5) is 14.2. The quantitative estimate of drug-likeness (QED) is 0.527. The molecule has 0 spiro atoms. The van der Waals surface area contributed by atoms with E-state index in [9.17, 15) is 4.79 Å². The van der Waals surface area contributed by atoms with Gasteiger partial charge in [0.1, 0.15) is 16.8 Å². The fraction of sp³-hybridized carbons (Fsp3) is 0.0500. The van der Waals surface area contributed by atoms with Gasteiger partial charge in [0.25, 0.3) is 5.91 Å². The topological polar surface area (TPSA) is 69.0 Å². The molecule has 0 saturated carbocycles. The van der Waals surface area contributed by atoms with Crippen molar-refractivity contribution in [3.63, 3.8) is 0 Å². The van der Waals surface area contributed by atoms with Gasteiger partial charge in [0.05, 0.1) is 18.4 Å². The molecule has 0 unspecified atom stereocenters. The van der Waals surface area contributed by atoms with Gasteiger partial charge in [-0.15, -0.1) is 10.2 Å². The van der Waals surface area contributed by atoms with Crippen molar-refractivity contribution < 1.29 is 9.53 Å². The minimum Gasteiger partial charge on any atom is -0.496 e. The first-order chi connectivity index (χ1) is 13.1. The first-order valence-electron chi connectivity index (χ1n) is 8.21. The molecule has 0 aliphatic carbocycles. The zero-order valence-electron chi connectivity index (χ0n) is 14.4. The fourth-order valence-corrected chi connectivity index (χ4v) is 3.09. The molecule has 27 heavy (non-hydrogen) atoms. The number of para-hydroxylation sites is 1. The van der Waals surface area contributed by atoms with Crippen LogP contribution in [0.4, 0.5) is 5.69 Å². The van der Waals surface area contributed by atoms with E-state index in [1.165, 1.54) is 7.11 Å². The summed E-state index contributed by atoms with van der Waals surface area (Å²) in [6.45, 7) is 0.